The number of carbonyl (C=O) groups excluding carboxylic acids is 1. The van der Waals surface area contributed by atoms with Crippen LogP contribution in [0.2, 0.25) is 0 Å². The molecule has 3 rings (SSSR count). The lowest BCUT2D eigenvalue weighted by Crippen LogP contribution is -2.26. The highest BCUT2D eigenvalue weighted by Crippen LogP contribution is 2.22. The lowest BCUT2D eigenvalue weighted by atomic mass is 10.1. The zero-order chi connectivity index (χ0) is 19.8. The first-order valence-corrected chi connectivity index (χ1v) is 9.59. The summed E-state index contributed by atoms with van der Waals surface area (Å²) in [5.41, 5.74) is 5.63. The Balaban J connectivity index is 1.52. The number of amides is 1. The first-order chi connectivity index (χ1) is 13.7. The molecule has 5 nitrogen and oxygen atoms in total. The SMILES string of the molecule is CCN(CC)c1ccc(C=NNC(=O)CNc2cccc3ccccc23)cc1. The van der Waals surface area contributed by atoms with Gasteiger partial charge in [-0.15, -0.1) is 0 Å². The fourth-order valence-electron chi connectivity index (χ4n) is 3.13. The zero-order valence-corrected chi connectivity index (χ0v) is 16.4. The van der Waals surface area contributed by atoms with E-state index in [0.29, 0.717) is 0 Å². The third-order valence-electron chi connectivity index (χ3n) is 4.65. The highest BCUT2D eigenvalue weighted by molar-refractivity contribution is 5.95. The van der Waals surface area contributed by atoms with Crippen molar-refractivity contribution in [3.8, 4) is 0 Å². The molecular formula is C23H26N4O. The molecule has 28 heavy (non-hydrogen) atoms. The van der Waals surface area contributed by atoms with Gasteiger partial charge in [-0.1, -0.05) is 48.5 Å². The molecule has 0 aliphatic rings. The van der Waals surface area contributed by atoms with Gasteiger partial charge >= 0.3 is 0 Å². The molecule has 3 aromatic rings. The summed E-state index contributed by atoms with van der Waals surface area (Å²) < 4.78 is 0. The summed E-state index contributed by atoms with van der Waals surface area (Å²) in [4.78, 5) is 14.3. The van der Waals surface area contributed by atoms with Crippen molar-refractivity contribution in [2.24, 2.45) is 5.10 Å². The lowest BCUT2D eigenvalue weighted by molar-refractivity contribution is -0.119. The molecule has 0 atom stereocenters. The second kappa shape index (κ2) is 9.55. The standard InChI is InChI=1S/C23H26N4O/c1-3-27(4-2)20-14-12-18(13-15-20)16-25-26-23(28)17-24-22-11-7-9-19-8-5-6-10-21(19)22/h5-16,24H,3-4,17H2,1-2H3,(H,26,28). The Hall–Kier alpha value is -3.34. The Morgan fingerprint density at radius 1 is 0.964 bits per heavy atom. The van der Waals surface area contributed by atoms with Crippen molar-refractivity contribution in [2.75, 3.05) is 29.9 Å². The summed E-state index contributed by atoms with van der Waals surface area (Å²) in [6, 6.07) is 22.2. The highest BCUT2D eigenvalue weighted by Gasteiger charge is 2.03. The normalized spacial score (nSPS) is 10.9. The maximum absolute atomic E-state index is 12.1. The number of hydrazone groups is 1. The summed E-state index contributed by atoms with van der Waals surface area (Å²) in [6.07, 6.45) is 1.65. The van der Waals surface area contributed by atoms with Gasteiger partial charge in [0.05, 0.1) is 12.8 Å². The molecule has 0 radical (unpaired) electrons. The quantitative estimate of drug-likeness (QED) is 0.458. The summed E-state index contributed by atoms with van der Waals surface area (Å²) in [5, 5.41) is 9.46. The Bertz CT molecular complexity index is 941. The van der Waals surface area contributed by atoms with Crippen molar-refractivity contribution >= 4 is 34.3 Å². The van der Waals surface area contributed by atoms with Crippen LogP contribution >= 0.6 is 0 Å². The number of rotatable bonds is 8. The van der Waals surface area contributed by atoms with Crippen molar-refractivity contribution < 1.29 is 4.79 Å². The Labute approximate surface area is 166 Å². The largest absolute Gasteiger partial charge is 0.376 e. The van der Waals surface area contributed by atoms with Crippen LogP contribution in [0, 0.1) is 0 Å². The Kier molecular flexibility index (Phi) is 6.63. The van der Waals surface area contributed by atoms with E-state index >= 15 is 0 Å². The fourth-order valence-corrected chi connectivity index (χ4v) is 3.13. The van der Waals surface area contributed by atoms with Crippen molar-refractivity contribution in [1.82, 2.24) is 5.43 Å². The van der Waals surface area contributed by atoms with Gasteiger partial charge in [0, 0.05) is 29.9 Å². The van der Waals surface area contributed by atoms with Crippen molar-refractivity contribution in [3.63, 3.8) is 0 Å². The van der Waals surface area contributed by atoms with Crippen LogP contribution in [0.1, 0.15) is 19.4 Å². The van der Waals surface area contributed by atoms with E-state index in [1.54, 1.807) is 6.21 Å². The number of nitrogens with zero attached hydrogens (tertiary/aromatic N) is 2. The van der Waals surface area contributed by atoms with E-state index in [1.807, 2.05) is 42.5 Å². The number of anilines is 2. The minimum Gasteiger partial charge on any atom is -0.376 e. The maximum atomic E-state index is 12.1. The van der Waals surface area contributed by atoms with Gasteiger partial charge in [0.15, 0.2) is 0 Å². The predicted molar refractivity (Wildman–Crippen MR) is 118 cm³/mol. The molecule has 0 aromatic heterocycles. The smallest absolute Gasteiger partial charge is 0.259 e. The van der Waals surface area contributed by atoms with Gasteiger partial charge in [0.1, 0.15) is 0 Å². The number of nitrogens with one attached hydrogen (secondary N) is 2. The summed E-state index contributed by atoms with van der Waals surface area (Å²) in [7, 11) is 0. The molecule has 5 heteroatoms. The van der Waals surface area contributed by atoms with Crippen LogP contribution in [-0.4, -0.2) is 31.8 Å². The molecule has 0 spiro atoms. The predicted octanol–water partition coefficient (Wildman–Crippen LogP) is 4.25. The number of benzene rings is 3. The van der Waals surface area contributed by atoms with E-state index in [2.05, 4.69) is 58.9 Å². The molecule has 3 aromatic carbocycles. The third kappa shape index (κ3) is 4.88. The molecule has 0 heterocycles. The molecule has 1 amide bonds. The second-order valence-corrected chi connectivity index (χ2v) is 6.44. The van der Waals surface area contributed by atoms with Crippen molar-refractivity contribution in [3.05, 3.63) is 72.3 Å². The van der Waals surface area contributed by atoms with E-state index in [4.69, 9.17) is 0 Å². The van der Waals surface area contributed by atoms with Gasteiger partial charge in [0.2, 0.25) is 0 Å². The third-order valence-corrected chi connectivity index (χ3v) is 4.65. The van der Waals surface area contributed by atoms with Crippen LogP contribution in [0.4, 0.5) is 11.4 Å². The van der Waals surface area contributed by atoms with Crippen LogP contribution in [0.15, 0.2) is 71.8 Å². The Morgan fingerprint density at radius 2 is 1.68 bits per heavy atom. The van der Waals surface area contributed by atoms with Gasteiger partial charge in [-0.25, -0.2) is 5.43 Å². The van der Waals surface area contributed by atoms with Gasteiger partial charge in [-0.05, 0) is 43.0 Å². The molecular weight excluding hydrogens is 348 g/mol. The average molecular weight is 374 g/mol. The van der Waals surface area contributed by atoms with Crippen LogP contribution < -0.4 is 15.6 Å². The topological polar surface area (TPSA) is 56.7 Å². The molecule has 2 N–H and O–H groups in total. The summed E-state index contributed by atoms with van der Waals surface area (Å²) in [6.45, 7) is 6.39. The van der Waals surface area contributed by atoms with E-state index in [-0.39, 0.29) is 12.5 Å². The second-order valence-electron chi connectivity index (χ2n) is 6.44. The summed E-state index contributed by atoms with van der Waals surface area (Å²) >= 11 is 0. The molecule has 0 aliphatic carbocycles. The Morgan fingerprint density at radius 3 is 2.43 bits per heavy atom. The van der Waals surface area contributed by atoms with Gasteiger partial charge in [-0.3, -0.25) is 4.79 Å². The monoisotopic (exact) mass is 374 g/mol. The van der Waals surface area contributed by atoms with Crippen LogP contribution in [0.3, 0.4) is 0 Å². The number of hydrogen-bond acceptors (Lipinski definition) is 4. The highest BCUT2D eigenvalue weighted by atomic mass is 16.2. The van der Waals surface area contributed by atoms with E-state index in [1.165, 1.54) is 5.69 Å². The zero-order valence-electron chi connectivity index (χ0n) is 16.4. The van der Waals surface area contributed by atoms with Crippen molar-refractivity contribution in [2.45, 2.75) is 13.8 Å². The lowest BCUT2D eigenvalue weighted by Gasteiger charge is -2.20. The molecule has 144 valence electrons. The van der Waals surface area contributed by atoms with Crippen LogP contribution in [0.5, 0.6) is 0 Å². The van der Waals surface area contributed by atoms with Gasteiger partial charge in [0.25, 0.3) is 5.91 Å². The van der Waals surface area contributed by atoms with E-state index in [9.17, 15) is 4.79 Å². The first-order valence-electron chi connectivity index (χ1n) is 9.59. The van der Waals surface area contributed by atoms with Gasteiger partial charge in [-0.2, -0.15) is 5.10 Å². The number of carbonyl (C=O) groups is 1. The summed E-state index contributed by atoms with van der Waals surface area (Å²) in [5.74, 6) is -0.191. The fraction of sp³-hybridized carbons (Fsp3) is 0.217. The van der Waals surface area contributed by atoms with Crippen molar-refractivity contribution in [1.29, 1.82) is 0 Å². The molecule has 0 aliphatic heterocycles. The van der Waals surface area contributed by atoms with Crippen LogP contribution in [-0.2, 0) is 4.79 Å². The van der Waals surface area contributed by atoms with E-state index in [0.717, 1.165) is 35.1 Å². The molecule has 0 bridgehead atoms. The number of hydrogen-bond donors (Lipinski definition) is 2. The van der Waals surface area contributed by atoms with Gasteiger partial charge < -0.3 is 10.2 Å². The molecule has 0 fully saturated rings. The van der Waals surface area contributed by atoms with E-state index < -0.39 is 0 Å². The first kappa shape index (κ1) is 19.4. The molecule has 0 saturated heterocycles. The minimum absolute atomic E-state index is 0.159. The minimum atomic E-state index is -0.191. The molecule has 0 unspecified atom stereocenters. The van der Waals surface area contributed by atoms with Crippen LogP contribution in [0.25, 0.3) is 10.8 Å². The molecule has 0 saturated carbocycles. The average Bonchev–Trinajstić information content (AvgIpc) is 2.74. The number of fused-ring (bicyclic) bond motifs is 1. The maximum Gasteiger partial charge on any atom is 0.259 e.